The molecule has 0 bridgehead atoms. The maximum Gasteiger partial charge on any atom is 0.329 e. The number of amides is 3. The van der Waals surface area contributed by atoms with Gasteiger partial charge in [-0.3, -0.25) is 29.4 Å². The maximum absolute atomic E-state index is 15.6. The number of carbonyl (C=O) groups excluding carboxylic acids is 2. The molecule has 4 saturated heterocycles. The van der Waals surface area contributed by atoms with Crippen LogP contribution in [0.1, 0.15) is 37.9 Å². The minimum atomic E-state index is -0.626. The minimum Gasteiger partial charge on any atom is -0.493 e. The van der Waals surface area contributed by atoms with Gasteiger partial charge in [-0.25, -0.2) is 18.6 Å². The second kappa shape index (κ2) is 16.4. The summed E-state index contributed by atoms with van der Waals surface area (Å²) in [6, 6.07) is 5.66. The summed E-state index contributed by atoms with van der Waals surface area (Å²) in [5.41, 5.74) is 1.08. The van der Waals surface area contributed by atoms with Crippen LogP contribution in [-0.4, -0.2) is 125 Å². The molecule has 17 heteroatoms. The molecule has 4 aromatic rings. The van der Waals surface area contributed by atoms with Crippen molar-refractivity contribution >= 4 is 57.0 Å². The van der Waals surface area contributed by atoms with Crippen molar-refractivity contribution in [1.82, 2.24) is 34.9 Å². The largest absolute Gasteiger partial charge is 0.493 e. The number of carbonyl (C=O) groups is 2. The fourth-order valence-corrected chi connectivity index (χ4v) is 9.04. The smallest absolute Gasteiger partial charge is 0.329 e. The van der Waals surface area contributed by atoms with Crippen LogP contribution in [0.3, 0.4) is 0 Å². The molecule has 0 saturated carbocycles. The molecule has 55 heavy (non-hydrogen) atoms. The molecule has 0 spiro atoms. The van der Waals surface area contributed by atoms with Gasteiger partial charge in [-0.05, 0) is 56.8 Å². The Morgan fingerprint density at radius 3 is 2.40 bits per heavy atom. The molecule has 2 N–H and O–H groups in total. The van der Waals surface area contributed by atoms with Crippen molar-refractivity contribution in [1.29, 1.82) is 0 Å². The lowest BCUT2D eigenvalue weighted by Gasteiger charge is -2.38. The number of halogens is 2. The Morgan fingerprint density at radius 2 is 1.65 bits per heavy atom. The summed E-state index contributed by atoms with van der Waals surface area (Å²) in [6.45, 7) is 9.00. The Bertz CT molecular complexity index is 2110. The first-order valence-corrected chi connectivity index (χ1v) is 20.2. The standard InChI is InChI=1S/C38H47F2N9O5S/c1-45-31-21-32(28(39)20-27(31)36(44-45)49-9-4-34(50)43-38(49)52)48-14-12-47(13-15-48)11-10-46-7-2-24(3-8-46)22-54-25-18-29(40)35-30(19-25)41-33(42-37(35)51)23-55-26-5-16-53-17-6-26/h18-21,24,26H,2-17,22-23H2,1H3,(H,41,42,51)(H,43,50,52). The Labute approximate surface area is 321 Å². The van der Waals surface area contributed by atoms with Crippen LogP contribution in [-0.2, 0) is 22.3 Å². The molecule has 0 aliphatic carbocycles. The number of piperazine rings is 1. The Kier molecular flexibility index (Phi) is 11.2. The second-order valence-electron chi connectivity index (χ2n) is 14.9. The number of hydrogen-bond donors (Lipinski definition) is 2. The summed E-state index contributed by atoms with van der Waals surface area (Å²) in [6.07, 6.45) is 4.07. The van der Waals surface area contributed by atoms with Crippen molar-refractivity contribution < 1.29 is 27.8 Å². The average molecular weight is 780 g/mol. The molecule has 8 rings (SSSR count). The van der Waals surface area contributed by atoms with Gasteiger partial charge in [0.2, 0.25) is 5.91 Å². The fraction of sp³-hybridized carbons (Fsp3) is 0.553. The van der Waals surface area contributed by atoms with Crippen LogP contribution in [0.15, 0.2) is 29.1 Å². The number of likely N-dealkylation sites (tertiary alicyclic amines) is 1. The van der Waals surface area contributed by atoms with E-state index in [4.69, 9.17) is 9.47 Å². The van der Waals surface area contributed by atoms with E-state index in [9.17, 15) is 14.4 Å². The predicted octanol–water partition coefficient (Wildman–Crippen LogP) is 3.86. The number of ether oxygens (including phenoxy) is 2. The first kappa shape index (κ1) is 37.6. The van der Waals surface area contributed by atoms with Crippen molar-refractivity contribution in [3.8, 4) is 5.75 Å². The van der Waals surface area contributed by atoms with Gasteiger partial charge in [0, 0.05) is 95.3 Å². The number of thioether (sulfide) groups is 1. The second-order valence-corrected chi connectivity index (χ2v) is 16.2. The van der Waals surface area contributed by atoms with Crippen molar-refractivity contribution in [3.05, 3.63) is 52.1 Å². The van der Waals surface area contributed by atoms with Gasteiger partial charge >= 0.3 is 6.03 Å². The van der Waals surface area contributed by atoms with E-state index in [1.807, 2.05) is 0 Å². The molecule has 0 atom stereocenters. The van der Waals surface area contributed by atoms with Gasteiger partial charge in [0.25, 0.3) is 5.56 Å². The van der Waals surface area contributed by atoms with Crippen LogP contribution in [0.5, 0.6) is 5.75 Å². The highest BCUT2D eigenvalue weighted by molar-refractivity contribution is 7.99. The van der Waals surface area contributed by atoms with E-state index in [1.165, 1.54) is 17.0 Å². The molecule has 3 amide bonds. The molecule has 4 aliphatic heterocycles. The van der Waals surface area contributed by atoms with Crippen molar-refractivity contribution in [2.24, 2.45) is 13.0 Å². The van der Waals surface area contributed by atoms with E-state index < -0.39 is 17.4 Å². The maximum atomic E-state index is 15.6. The van der Waals surface area contributed by atoms with Crippen molar-refractivity contribution in [3.63, 3.8) is 0 Å². The van der Waals surface area contributed by atoms with Crippen LogP contribution in [0.25, 0.3) is 21.8 Å². The van der Waals surface area contributed by atoms with Crippen molar-refractivity contribution in [2.45, 2.75) is 43.1 Å². The number of piperidine rings is 1. The third kappa shape index (κ3) is 8.44. The number of hydrogen-bond acceptors (Lipinski definition) is 11. The highest BCUT2D eigenvalue weighted by Crippen LogP contribution is 2.33. The van der Waals surface area contributed by atoms with E-state index in [1.54, 1.807) is 35.6 Å². The average Bonchev–Trinajstić information content (AvgIpc) is 3.49. The summed E-state index contributed by atoms with van der Waals surface area (Å²) in [5, 5.41) is 7.75. The van der Waals surface area contributed by atoms with E-state index in [0.29, 0.717) is 70.6 Å². The quantitative estimate of drug-likeness (QED) is 0.230. The zero-order valence-corrected chi connectivity index (χ0v) is 31.8. The molecule has 4 aliphatic rings. The minimum absolute atomic E-state index is 0.0409. The predicted molar refractivity (Wildman–Crippen MR) is 207 cm³/mol. The van der Waals surface area contributed by atoms with Gasteiger partial charge in [-0.2, -0.15) is 16.9 Å². The molecule has 2 aromatic carbocycles. The molecular formula is C38H47F2N9O5S. The lowest BCUT2D eigenvalue weighted by Crippen LogP contribution is -2.49. The number of aromatic nitrogens is 4. The summed E-state index contributed by atoms with van der Waals surface area (Å²) < 4.78 is 43.8. The zero-order valence-electron chi connectivity index (χ0n) is 31.0. The summed E-state index contributed by atoms with van der Waals surface area (Å²) >= 11 is 1.74. The van der Waals surface area contributed by atoms with Crippen molar-refractivity contribution in [2.75, 3.05) is 88.5 Å². The third-order valence-corrected chi connectivity index (χ3v) is 12.6. The number of fused-ring (bicyclic) bond motifs is 2. The first-order chi connectivity index (χ1) is 26.7. The first-order valence-electron chi connectivity index (χ1n) is 19.2. The van der Waals surface area contributed by atoms with E-state index in [-0.39, 0.29) is 30.1 Å². The fourth-order valence-electron chi connectivity index (χ4n) is 7.98. The number of rotatable bonds is 11. The molecule has 2 aromatic heterocycles. The number of nitrogens with zero attached hydrogens (tertiary/aromatic N) is 7. The lowest BCUT2D eigenvalue weighted by molar-refractivity contribution is -0.120. The molecule has 294 valence electrons. The monoisotopic (exact) mass is 779 g/mol. The Morgan fingerprint density at radius 1 is 0.909 bits per heavy atom. The molecular weight excluding hydrogens is 733 g/mol. The van der Waals surface area contributed by atoms with Gasteiger partial charge < -0.3 is 24.3 Å². The van der Waals surface area contributed by atoms with Crippen LogP contribution in [0.2, 0.25) is 0 Å². The SMILES string of the molecule is Cn1nc(N2CCC(=O)NC2=O)c2cc(F)c(N3CCN(CCN4CCC(COc5cc(F)c6c(=O)[nH]c(CSC7CCOCC7)nc6c5)CC4)CC3)cc21. The van der Waals surface area contributed by atoms with E-state index >= 15 is 8.78 Å². The van der Waals surface area contributed by atoms with Gasteiger partial charge in [-0.1, -0.05) is 0 Å². The van der Waals surface area contributed by atoms with Gasteiger partial charge in [0.15, 0.2) is 5.82 Å². The number of anilines is 2. The van der Waals surface area contributed by atoms with Crippen LogP contribution >= 0.6 is 11.8 Å². The highest BCUT2D eigenvalue weighted by atomic mass is 32.2. The number of benzene rings is 2. The van der Waals surface area contributed by atoms with Gasteiger partial charge in [-0.15, -0.1) is 0 Å². The third-order valence-electron chi connectivity index (χ3n) is 11.3. The Balaban J connectivity index is 0.788. The number of aryl methyl sites for hydroxylation is 1. The molecule has 14 nitrogen and oxygen atoms in total. The summed E-state index contributed by atoms with van der Waals surface area (Å²) in [4.78, 5) is 52.5. The summed E-state index contributed by atoms with van der Waals surface area (Å²) in [7, 11) is 1.77. The van der Waals surface area contributed by atoms with Crippen LogP contribution < -0.4 is 25.4 Å². The summed E-state index contributed by atoms with van der Waals surface area (Å²) in [5.74, 6) is 0.856. The van der Waals surface area contributed by atoms with Gasteiger partial charge in [0.05, 0.1) is 29.1 Å². The molecule has 0 unspecified atom stereocenters. The van der Waals surface area contributed by atoms with Crippen LogP contribution in [0, 0.1) is 17.6 Å². The normalized spacial score (nSPS) is 19.8. The highest BCUT2D eigenvalue weighted by Gasteiger charge is 2.30. The van der Waals surface area contributed by atoms with E-state index in [2.05, 4.69) is 35.1 Å². The number of nitrogens with one attached hydrogen (secondary N) is 2. The number of aromatic amines is 1. The molecule has 6 heterocycles. The molecule has 4 fully saturated rings. The van der Waals surface area contributed by atoms with E-state index in [0.717, 1.165) is 83.7 Å². The topological polar surface area (TPSA) is 141 Å². The Hall–Kier alpha value is -4.32. The number of H-pyrrole nitrogens is 1. The zero-order chi connectivity index (χ0) is 38.1. The van der Waals surface area contributed by atoms with Gasteiger partial charge in [0.1, 0.15) is 28.6 Å². The number of imide groups is 1. The number of urea groups is 1. The van der Waals surface area contributed by atoms with Crippen LogP contribution in [0.4, 0.5) is 25.1 Å². The lowest BCUT2D eigenvalue weighted by atomic mass is 9.98. The molecule has 0 radical (unpaired) electrons.